The molecule has 0 N–H and O–H groups in total. The van der Waals surface area contributed by atoms with Crippen LogP contribution in [0.15, 0.2) is 49.1 Å². The van der Waals surface area contributed by atoms with E-state index in [9.17, 15) is 0 Å². The van der Waals surface area contributed by atoms with Crippen molar-refractivity contribution in [3.05, 3.63) is 54.6 Å². The summed E-state index contributed by atoms with van der Waals surface area (Å²) in [7, 11) is -0.996. The topological polar surface area (TPSA) is 0 Å². The molecule has 1 atom stereocenters. The van der Waals surface area contributed by atoms with Gasteiger partial charge in [0, 0.05) is 8.07 Å². The molecule has 1 unspecified atom stereocenters. The number of hydrogen-bond donors (Lipinski definition) is 0. The molecule has 0 amide bonds. The Bertz CT molecular complexity index is 384. The molecule has 0 aliphatic rings. The van der Waals surface area contributed by atoms with Crippen molar-refractivity contribution in [2.75, 3.05) is 0 Å². The maximum atomic E-state index is 3.82. The zero-order valence-electron chi connectivity index (χ0n) is 12.7. The standard InChI is InChI=1S/C18H28Si/c1-5-6-8-13-18(16-19(2,3)4)15-14-17-11-9-7-10-12-17/h5,7,9-12,14-15,18H,1,6,8,13,16H2,2-4H3/b15-14+. The fraction of sp³-hybridized carbons (Fsp3) is 0.444. The van der Waals surface area contributed by atoms with E-state index >= 15 is 0 Å². The van der Waals surface area contributed by atoms with Gasteiger partial charge in [-0.3, -0.25) is 0 Å². The predicted octanol–water partition coefficient (Wildman–Crippen LogP) is 6.01. The molecule has 0 nitrogen and oxygen atoms in total. The van der Waals surface area contributed by atoms with Gasteiger partial charge in [0.05, 0.1) is 0 Å². The largest absolute Gasteiger partial charge is 0.103 e. The molecule has 19 heavy (non-hydrogen) atoms. The normalized spacial score (nSPS) is 13.6. The lowest BCUT2D eigenvalue weighted by atomic mass is 10.0. The zero-order chi connectivity index (χ0) is 14.1. The third kappa shape index (κ3) is 7.84. The summed E-state index contributed by atoms with van der Waals surface area (Å²) in [6.45, 7) is 11.2. The lowest BCUT2D eigenvalue weighted by Crippen LogP contribution is -2.23. The van der Waals surface area contributed by atoms with Gasteiger partial charge in [-0.05, 0) is 30.7 Å². The summed E-state index contributed by atoms with van der Waals surface area (Å²) in [5.74, 6) is 0.729. The Kier molecular flexibility index (Phi) is 6.86. The number of benzene rings is 1. The highest BCUT2D eigenvalue weighted by Crippen LogP contribution is 2.24. The third-order valence-corrected chi connectivity index (χ3v) is 4.97. The van der Waals surface area contributed by atoms with E-state index in [4.69, 9.17) is 0 Å². The molecule has 1 rings (SSSR count). The van der Waals surface area contributed by atoms with Gasteiger partial charge in [-0.25, -0.2) is 0 Å². The minimum absolute atomic E-state index is 0.729. The van der Waals surface area contributed by atoms with E-state index < -0.39 is 8.07 Å². The Morgan fingerprint density at radius 3 is 2.42 bits per heavy atom. The van der Waals surface area contributed by atoms with Gasteiger partial charge in [-0.2, -0.15) is 0 Å². The van der Waals surface area contributed by atoms with Crippen molar-refractivity contribution in [1.82, 2.24) is 0 Å². The van der Waals surface area contributed by atoms with Gasteiger partial charge in [0.15, 0.2) is 0 Å². The van der Waals surface area contributed by atoms with Crippen molar-refractivity contribution in [1.29, 1.82) is 0 Å². The highest BCUT2D eigenvalue weighted by molar-refractivity contribution is 6.76. The maximum absolute atomic E-state index is 3.82. The number of hydrogen-bond acceptors (Lipinski definition) is 0. The summed E-state index contributed by atoms with van der Waals surface area (Å²) >= 11 is 0. The molecule has 1 aromatic carbocycles. The van der Waals surface area contributed by atoms with E-state index in [0.29, 0.717) is 0 Å². The van der Waals surface area contributed by atoms with Crippen molar-refractivity contribution in [3.8, 4) is 0 Å². The molecule has 1 aromatic rings. The monoisotopic (exact) mass is 272 g/mol. The number of allylic oxidation sites excluding steroid dienone is 2. The Morgan fingerprint density at radius 1 is 1.16 bits per heavy atom. The molecule has 104 valence electrons. The molecule has 0 bridgehead atoms. The molecular weight excluding hydrogens is 244 g/mol. The Hall–Kier alpha value is -1.08. The molecular formula is C18H28Si. The SMILES string of the molecule is C=CCCCC(/C=C/c1ccccc1)C[Si](C)(C)C. The zero-order valence-corrected chi connectivity index (χ0v) is 13.7. The van der Waals surface area contributed by atoms with Gasteiger partial charge in [-0.15, -0.1) is 6.58 Å². The molecule has 0 saturated carbocycles. The van der Waals surface area contributed by atoms with Crippen molar-refractivity contribution >= 4 is 14.1 Å². The van der Waals surface area contributed by atoms with Crippen molar-refractivity contribution < 1.29 is 0 Å². The summed E-state index contributed by atoms with van der Waals surface area (Å²) in [4.78, 5) is 0. The van der Waals surface area contributed by atoms with Crippen LogP contribution in [0.3, 0.4) is 0 Å². The summed E-state index contributed by atoms with van der Waals surface area (Å²) in [6, 6.07) is 12.0. The van der Waals surface area contributed by atoms with E-state index in [1.165, 1.54) is 24.4 Å². The average molecular weight is 273 g/mol. The molecule has 0 radical (unpaired) electrons. The van der Waals surface area contributed by atoms with Gasteiger partial charge in [0.25, 0.3) is 0 Å². The first-order valence-corrected chi connectivity index (χ1v) is 11.1. The molecule has 0 saturated heterocycles. The molecule has 0 aromatic heterocycles. The first-order valence-electron chi connectivity index (χ1n) is 7.35. The van der Waals surface area contributed by atoms with Gasteiger partial charge < -0.3 is 0 Å². The first kappa shape index (κ1) is 16.0. The third-order valence-electron chi connectivity index (χ3n) is 3.22. The van der Waals surface area contributed by atoms with Gasteiger partial charge >= 0.3 is 0 Å². The lowest BCUT2D eigenvalue weighted by molar-refractivity contribution is 0.607. The minimum atomic E-state index is -0.996. The van der Waals surface area contributed by atoms with Crippen LogP contribution in [-0.4, -0.2) is 8.07 Å². The fourth-order valence-corrected chi connectivity index (χ4v) is 4.30. The highest BCUT2D eigenvalue weighted by Gasteiger charge is 2.18. The smallest absolute Gasteiger partial charge is 0.0448 e. The first-order chi connectivity index (χ1) is 9.01. The Morgan fingerprint density at radius 2 is 1.84 bits per heavy atom. The van der Waals surface area contributed by atoms with Crippen LogP contribution >= 0.6 is 0 Å². The van der Waals surface area contributed by atoms with Crippen LogP contribution in [0.2, 0.25) is 25.7 Å². The molecule has 0 fully saturated rings. The van der Waals surface area contributed by atoms with E-state index in [-0.39, 0.29) is 0 Å². The Balaban J connectivity index is 2.62. The van der Waals surface area contributed by atoms with Gasteiger partial charge in [-0.1, -0.05) is 74.2 Å². The van der Waals surface area contributed by atoms with E-state index in [2.05, 4.69) is 68.7 Å². The highest BCUT2D eigenvalue weighted by atomic mass is 28.3. The van der Waals surface area contributed by atoms with Crippen LogP contribution in [0.25, 0.3) is 6.08 Å². The number of rotatable bonds is 8. The van der Waals surface area contributed by atoms with Gasteiger partial charge in [0.2, 0.25) is 0 Å². The van der Waals surface area contributed by atoms with Crippen LogP contribution in [0.4, 0.5) is 0 Å². The molecule has 1 heteroatoms. The minimum Gasteiger partial charge on any atom is -0.103 e. The molecule has 0 heterocycles. The summed E-state index contributed by atoms with van der Waals surface area (Å²) in [5, 5.41) is 0. The fourth-order valence-electron chi connectivity index (χ4n) is 2.39. The molecule has 0 spiro atoms. The predicted molar refractivity (Wildman–Crippen MR) is 91.2 cm³/mol. The van der Waals surface area contributed by atoms with Crippen molar-refractivity contribution in [3.63, 3.8) is 0 Å². The second-order valence-electron chi connectivity index (χ2n) is 6.51. The molecule has 0 aliphatic heterocycles. The summed E-state index contributed by atoms with van der Waals surface area (Å²) in [5.41, 5.74) is 1.31. The van der Waals surface area contributed by atoms with Crippen LogP contribution in [0, 0.1) is 5.92 Å². The van der Waals surface area contributed by atoms with Crippen molar-refractivity contribution in [2.45, 2.75) is 44.9 Å². The number of unbranched alkanes of at least 4 members (excludes halogenated alkanes) is 1. The molecule has 0 aliphatic carbocycles. The van der Waals surface area contributed by atoms with Crippen LogP contribution in [-0.2, 0) is 0 Å². The Labute approximate surface area is 120 Å². The average Bonchev–Trinajstić information content (AvgIpc) is 2.36. The van der Waals surface area contributed by atoms with Crippen molar-refractivity contribution in [2.24, 2.45) is 5.92 Å². The quantitative estimate of drug-likeness (QED) is 0.309. The lowest BCUT2D eigenvalue weighted by Gasteiger charge is -2.22. The van der Waals surface area contributed by atoms with E-state index in [0.717, 1.165) is 12.3 Å². The summed E-state index contributed by atoms with van der Waals surface area (Å²) in [6.07, 6.45) is 10.4. The van der Waals surface area contributed by atoms with Gasteiger partial charge in [0.1, 0.15) is 0 Å². The van der Waals surface area contributed by atoms with Crippen LogP contribution in [0.1, 0.15) is 24.8 Å². The maximum Gasteiger partial charge on any atom is 0.0448 e. The summed E-state index contributed by atoms with van der Waals surface area (Å²) < 4.78 is 0. The second-order valence-corrected chi connectivity index (χ2v) is 12.0. The van der Waals surface area contributed by atoms with Crippen LogP contribution < -0.4 is 0 Å². The van der Waals surface area contributed by atoms with E-state index in [1.54, 1.807) is 0 Å². The van der Waals surface area contributed by atoms with E-state index in [1.807, 2.05) is 6.08 Å². The van der Waals surface area contributed by atoms with Crippen LogP contribution in [0.5, 0.6) is 0 Å². The second kappa shape index (κ2) is 8.16.